The smallest absolute Gasteiger partial charge is 0.291 e. The second kappa shape index (κ2) is 4.39. The summed E-state index contributed by atoms with van der Waals surface area (Å²) in [7, 11) is 0. The first kappa shape index (κ1) is 13.5. The Hall–Kier alpha value is -3.52. The Labute approximate surface area is 102 Å². The highest BCUT2D eigenvalue weighted by atomic mass is 16.7. The van der Waals surface area contributed by atoms with E-state index in [9.17, 15) is 30.3 Å². The highest BCUT2D eigenvalue weighted by Crippen LogP contribution is 2.24. The Kier molecular flexibility index (Phi) is 3.13. The Bertz CT molecular complexity index is 545. The highest BCUT2D eigenvalue weighted by molar-refractivity contribution is 5.36. The van der Waals surface area contributed by atoms with Gasteiger partial charge in [-0.15, -0.1) is 5.53 Å². The van der Waals surface area contributed by atoms with Crippen LogP contribution in [0.4, 0.5) is 0 Å². The van der Waals surface area contributed by atoms with Gasteiger partial charge in [0.15, 0.2) is 11.4 Å². The van der Waals surface area contributed by atoms with Crippen molar-refractivity contribution in [2.45, 2.75) is 5.91 Å². The summed E-state index contributed by atoms with van der Waals surface area (Å²) >= 11 is 0. The van der Waals surface area contributed by atoms with E-state index in [1.165, 1.54) is 12.1 Å². The van der Waals surface area contributed by atoms with Gasteiger partial charge >= 0.3 is 5.91 Å². The first-order valence-electron chi connectivity index (χ1n) is 4.13. The number of nitro groups is 3. The van der Waals surface area contributed by atoms with Crippen LogP contribution in [0.5, 0.6) is 0 Å². The summed E-state index contributed by atoms with van der Waals surface area (Å²) in [5.74, 6) is -4.07. The van der Waals surface area contributed by atoms with Crippen LogP contribution < -0.4 is 11.0 Å². The molecule has 0 aliphatic carbocycles. The van der Waals surface area contributed by atoms with Crippen LogP contribution in [-0.2, 0) is 0 Å². The summed E-state index contributed by atoms with van der Waals surface area (Å²) in [4.78, 5) is 26.8. The van der Waals surface area contributed by atoms with Crippen molar-refractivity contribution in [2.24, 2.45) is 0 Å². The third-order valence-electron chi connectivity index (χ3n) is 2.01. The molecular weight excluding hydrogens is 268 g/mol. The molecule has 0 aromatic heterocycles. The Morgan fingerprint density at radius 1 is 1.05 bits per heavy atom. The lowest BCUT2D eigenvalue weighted by Gasteiger charge is -2.17. The minimum absolute atomic E-state index is 0.244. The molecule has 1 heterocycles. The molecule has 1 aliphatic heterocycles. The van der Waals surface area contributed by atoms with Gasteiger partial charge in [-0.1, -0.05) is 5.01 Å². The Balaban J connectivity index is 3.55. The normalized spacial score (nSPS) is 14.3. The molecule has 1 rings (SSSR count). The predicted octanol–water partition coefficient (Wildman–Crippen LogP) is -1.99. The Morgan fingerprint density at radius 3 is 1.84 bits per heavy atom. The molecule has 0 atom stereocenters. The van der Waals surface area contributed by atoms with Crippen LogP contribution >= 0.6 is 0 Å². The van der Waals surface area contributed by atoms with Crippen molar-refractivity contribution in [1.29, 1.82) is 10.5 Å². The molecule has 0 radical (unpaired) electrons. The van der Waals surface area contributed by atoms with Gasteiger partial charge in [-0.2, -0.15) is 10.5 Å². The molecular formula is C5H2N8O6. The van der Waals surface area contributed by atoms with Gasteiger partial charge in [-0.3, -0.25) is 35.8 Å². The summed E-state index contributed by atoms with van der Waals surface area (Å²) in [5, 5.41) is 49.3. The van der Waals surface area contributed by atoms with E-state index < -0.39 is 32.1 Å². The van der Waals surface area contributed by atoms with Crippen LogP contribution in [-0.4, -0.2) is 25.7 Å². The molecule has 0 bridgehead atoms. The maximum absolute atomic E-state index is 10.7. The van der Waals surface area contributed by atoms with Crippen LogP contribution in [0.3, 0.4) is 0 Å². The topological polar surface area (TPSA) is 204 Å². The van der Waals surface area contributed by atoms with E-state index >= 15 is 0 Å². The van der Waals surface area contributed by atoms with E-state index in [1.807, 2.05) is 5.43 Å². The van der Waals surface area contributed by atoms with Gasteiger partial charge in [0.2, 0.25) is 14.8 Å². The van der Waals surface area contributed by atoms with Crippen molar-refractivity contribution in [2.75, 3.05) is 0 Å². The fourth-order valence-corrected chi connectivity index (χ4v) is 1.20. The number of nitriles is 2. The van der Waals surface area contributed by atoms with E-state index in [-0.39, 0.29) is 5.01 Å². The zero-order valence-electron chi connectivity index (χ0n) is 8.63. The van der Waals surface area contributed by atoms with Gasteiger partial charge in [-0.05, 0) is 0 Å². The maximum atomic E-state index is 10.7. The molecule has 0 unspecified atom stereocenters. The zero-order valence-corrected chi connectivity index (χ0v) is 8.63. The molecule has 0 aromatic carbocycles. The van der Waals surface area contributed by atoms with Gasteiger partial charge in [0.25, 0.3) is 0 Å². The van der Waals surface area contributed by atoms with Gasteiger partial charge in [0.05, 0.1) is 0 Å². The van der Waals surface area contributed by atoms with Crippen molar-refractivity contribution in [1.82, 2.24) is 16.0 Å². The van der Waals surface area contributed by atoms with Gasteiger partial charge in [0.1, 0.15) is 12.1 Å². The first-order valence-corrected chi connectivity index (χ1v) is 4.13. The average molecular weight is 270 g/mol. The van der Waals surface area contributed by atoms with Crippen molar-refractivity contribution in [3.63, 3.8) is 0 Å². The number of nitrogens with one attached hydrogen (secondary N) is 2. The third kappa shape index (κ3) is 1.61. The lowest BCUT2D eigenvalue weighted by Crippen LogP contribution is -2.68. The first-order chi connectivity index (χ1) is 8.83. The highest BCUT2D eigenvalue weighted by Gasteiger charge is 2.79. The van der Waals surface area contributed by atoms with Crippen molar-refractivity contribution < 1.29 is 14.8 Å². The minimum Gasteiger partial charge on any atom is -0.291 e. The van der Waals surface area contributed by atoms with E-state index in [1.54, 1.807) is 5.53 Å². The molecule has 0 amide bonds. The Morgan fingerprint density at radius 2 is 1.53 bits per heavy atom. The number of hydrazine groups is 2. The van der Waals surface area contributed by atoms with E-state index in [4.69, 9.17) is 10.5 Å². The minimum atomic E-state index is -4.07. The number of allylic oxidation sites excluding steroid dienone is 2. The summed E-state index contributed by atoms with van der Waals surface area (Å²) < 4.78 is 0. The molecule has 0 saturated heterocycles. The number of rotatable bonds is 4. The quantitative estimate of drug-likeness (QED) is 0.324. The number of nitrogens with zero attached hydrogens (tertiary/aromatic N) is 6. The van der Waals surface area contributed by atoms with Gasteiger partial charge in [-0.25, -0.2) is 0 Å². The lowest BCUT2D eigenvalue weighted by molar-refractivity contribution is -0.996. The zero-order chi connectivity index (χ0) is 14.8. The largest absolute Gasteiger partial charge is 0.817 e. The van der Waals surface area contributed by atoms with Crippen molar-refractivity contribution in [3.8, 4) is 12.1 Å². The maximum Gasteiger partial charge on any atom is 0.817 e. The van der Waals surface area contributed by atoms with Crippen LogP contribution in [0, 0.1) is 53.0 Å². The van der Waals surface area contributed by atoms with E-state index in [0.29, 0.717) is 0 Å². The summed E-state index contributed by atoms with van der Waals surface area (Å²) in [6.07, 6.45) is 0. The summed E-state index contributed by atoms with van der Waals surface area (Å²) in [6, 6.07) is 2.59. The van der Waals surface area contributed by atoms with Crippen molar-refractivity contribution in [3.05, 3.63) is 41.7 Å². The third-order valence-corrected chi connectivity index (χ3v) is 2.01. The molecule has 14 nitrogen and oxygen atoms in total. The molecule has 2 N–H and O–H groups in total. The molecule has 1 aliphatic rings. The lowest BCUT2D eigenvalue weighted by atomic mass is 10.3. The monoisotopic (exact) mass is 270 g/mol. The molecule has 14 heteroatoms. The summed E-state index contributed by atoms with van der Waals surface area (Å²) in [5.41, 5.74) is 1.99. The number of hydrogen-bond donors (Lipinski definition) is 2. The molecule has 0 spiro atoms. The van der Waals surface area contributed by atoms with E-state index in [0.717, 1.165) is 0 Å². The fourth-order valence-electron chi connectivity index (χ4n) is 1.20. The van der Waals surface area contributed by atoms with E-state index in [2.05, 4.69) is 0 Å². The van der Waals surface area contributed by atoms with Crippen LogP contribution in [0.1, 0.15) is 0 Å². The van der Waals surface area contributed by atoms with Gasteiger partial charge in [0, 0.05) is 0 Å². The molecule has 98 valence electrons. The molecule has 19 heavy (non-hydrogen) atoms. The van der Waals surface area contributed by atoms with Crippen LogP contribution in [0.2, 0.25) is 0 Å². The molecule has 0 fully saturated rings. The SMILES string of the molecule is N#CC1=C(C#N)N(C([N+](=O)[O-])([N+](=O)[O-])[N+](=O)[O-])NN1. The van der Waals surface area contributed by atoms with Crippen LogP contribution in [0.25, 0.3) is 0 Å². The fraction of sp³-hybridized carbons (Fsp3) is 0.200. The summed E-state index contributed by atoms with van der Waals surface area (Å²) in [6.45, 7) is 0. The average Bonchev–Trinajstić information content (AvgIpc) is 2.71. The van der Waals surface area contributed by atoms with Gasteiger partial charge < -0.3 is 0 Å². The molecule has 0 aromatic rings. The second-order valence-corrected chi connectivity index (χ2v) is 2.89. The number of hydrogen-bond acceptors (Lipinski definition) is 11. The standard InChI is InChI=1S/C5H2N8O6/c6-1-3-4(2-7)10(9-8-3)5(11(14)15,12(16)17)13(18)19/h8-9H. The second-order valence-electron chi connectivity index (χ2n) is 2.89. The molecule has 0 saturated carbocycles. The predicted molar refractivity (Wildman–Crippen MR) is 50.1 cm³/mol. The van der Waals surface area contributed by atoms with Crippen LogP contribution in [0.15, 0.2) is 11.4 Å². The van der Waals surface area contributed by atoms with Crippen molar-refractivity contribution >= 4 is 0 Å².